The summed E-state index contributed by atoms with van der Waals surface area (Å²) in [6, 6.07) is 4.72. The Balaban J connectivity index is 1.94. The van der Waals surface area contributed by atoms with Crippen LogP contribution in [0, 0.1) is 0 Å². The van der Waals surface area contributed by atoms with Gasteiger partial charge in [0.15, 0.2) is 33.5 Å². The summed E-state index contributed by atoms with van der Waals surface area (Å²) in [6.07, 6.45) is 0. The van der Waals surface area contributed by atoms with Crippen LogP contribution in [0.2, 0.25) is 5.15 Å². The number of anilines is 2. The van der Waals surface area contributed by atoms with Crippen molar-refractivity contribution < 1.29 is 19.3 Å². The molecule has 11 heteroatoms. The highest BCUT2D eigenvalue weighted by Crippen LogP contribution is 2.18. The fraction of sp³-hybridized carbons (Fsp3) is 0.235. The lowest BCUT2D eigenvalue weighted by Gasteiger charge is -2.07. The second kappa shape index (κ2) is 7.31. The van der Waals surface area contributed by atoms with Crippen LogP contribution in [0.15, 0.2) is 18.2 Å². The van der Waals surface area contributed by atoms with E-state index in [-0.39, 0.29) is 34.6 Å². The minimum absolute atomic E-state index is 0.0584. The number of nitrogens with one attached hydrogen (secondary N) is 1. The predicted octanol–water partition coefficient (Wildman–Crippen LogP) is -0.613. The van der Waals surface area contributed by atoms with Gasteiger partial charge in [-0.1, -0.05) is 11.6 Å². The molecule has 0 aliphatic heterocycles. The van der Waals surface area contributed by atoms with Crippen LogP contribution in [-0.2, 0) is 20.1 Å². The summed E-state index contributed by atoms with van der Waals surface area (Å²) in [5.41, 5.74) is 12.7. The average Bonchev–Trinajstić information content (AvgIpc) is 2.93. The summed E-state index contributed by atoms with van der Waals surface area (Å²) in [7, 11) is 1.82. The Morgan fingerprint density at radius 2 is 2.00 bits per heavy atom. The predicted molar refractivity (Wildman–Crippen MR) is 100 cm³/mol. The van der Waals surface area contributed by atoms with Gasteiger partial charge in [-0.15, -0.1) is 0 Å². The first-order valence-electron chi connectivity index (χ1n) is 8.33. The molecule has 3 aromatic rings. The Hall–Kier alpha value is -3.40. The second-order valence-electron chi connectivity index (χ2n) is 6.03. The monoisotopic (exact) mass is 403 g/mol. The molecule has 2 heterocycles. The van der Waals surface area contributed by atoms with Crippen molar-refractivity contribution in [2.24, 2.45) is 7.05 Å². The number of nitrogens with zero attached hydrogens (tertiary/aromatic N) is 4. The van der Waals surface area contributed by atoms with E-state index in [9.17, 15) is 14.7 Å². The number of hydrogen-bond acceptors (Lipinski definition) is 7. The Morgan fingerprint density at radius 1 is 1.29 bits per heavy atom. The molecule has 0 aliphatic carbocycles. The molecule has 0 radical (unpaired) electrons. The molecule has 1 amide bonds. The number of carboxylic acids is 1. The maximum atomic E-state index is 12.5. The number of rotatable bonds is 5. The van der Waals surface area contributed by atoms with Gasteiger partial charge in [0.05, 0.1) is 19.6 Å². The lowest BCUT2D eigenvalue weighted by Crippen LogP contribution is -2.38. The molecule has 1 aromatic carbocycles. The van der Waals surface area contributed by atoms with Crippen molar-refractivity contribution >= 4 is 46.1 Å². The van der Waals surface area contributed by atoms with E-state index >= 15 is 0 Å². The molecule has 0 unspecified atom stereocenters. The Kier molecular flexibility index (Phi) is 5.06. The van der Waals surface area contributed by atoms with Crippen LogP contribution in [0.3, 0.4) is 0 Å². The molecule has 10 nitrogen and oxygen atoms in total. The van der Waals surface area contributed by atoms with E-state index in [4.69, 9.17) is 23.1 Å². The number of carbonyl (C=O) groups is 2. The fourth-order valence-electron chi connectivity index (χ4n) is 3.03. The molecule has 2 aromatic heterocycles. The van der Waals surface area contributed by atoms with Crippen molar-refractivity contribution in [3.05, 3.63) is 40.4 Å². The topological polar surface area (TPSA) is 156 Å². The number of carboxylic acid groups (broad SMARTS) is 1. The molecule has 5 N–H and O–H groups in total. The highest BCUT2D eigenvalue weighted by atomic mass is 35.5. The van der Waals surface area contributed by atoms with E-state index in [1.807, 2.05) is 23.1 Å². The molecular weight excluding hydrogens is 386 g/mol. The Labute approximate surface area is 164 Å². The minimum Gasteiger partial charge on any atom is -0.545 e. The van der Waals surface area contributed by atoms with Crippen molar-refractivity contribution in [3.63, 3.8) is 0 Å². The summed E-state index contributed by atoms with van der Waals surface area (Å²) in [6.45, 7) is 2.62. The van der Waals surface area contributed by atoms with Crippen LogP contribution in [0.5, 0.6) is 0 Å². The maximum absolute atomic E-state index is 12.5. The Bertz CT molecular complexity index is 1110. The number of imidazole rings is 1. The molecule has 0 saturated heterocycles. The van der Waals surface area contributed by atoms with E-state index in [1.54, 1.807) is 12.1 Å². The number of carbonyl (C=O) groups excluding carboxylic acids is 2. The van der Waals surface area contributed by atoms with Gasteiger partial charge < -0.3 is 26.7 Å². The first kappa shape index (κ1) is 19.4. The lowest BCUT2D eigenvalue weighted by molar-refractivity contribution is -0.654. The number of amides is 1. The molecule has 146 valence electrons. The number of benzene rings is 1. The molecule has 0 spiro atoms. The van der Waals surface area contributed by atoms with Crippen LogP contribution in [0.4, 0.5) is 11.6 Å². The summed E-state index contributed by atoms with van der Waals surface area (Å²) in [5, 5.41) is 13.8. The van der Waals surface area contributed by atoms with Gasteiger partial charge in [0.1, 0.15) is 6.54 Å². The third-order valence-electron chi connectivity index (χ3n) is 4.41. The molecule has 28 heavy (non-hydrogen) atoms. The number of nitrogen functional groups attached to an aromatic ring is 2. The van der Waals surface area contributed by atoms with Crippen LogP contribution in [0.25, 0.3) is 11.0 Å². The normalized spacial score (nSPS) is 11.0. The van der Waals surface area contributed by atoms with Crippen molar-refractivity contribution in [2.45, 2.75) is 20.0 Å². The number of nitrogens with two attached hydrogens (primary N) is 2. The SMILES string of the molecule is CCn1c(CNC(=O)c2nc(Cl)c(N)nc2N)[n+](C)c2ccc(C(=O)[O-])cc21. The average molecular weight is 404 g/mol. The second-order valence-corrected chi connectivity index (χ2v) is 6.38. The van der Waals surface area contributed by atoms with Gasteiger partial charge in [0.25, 0.3) is 11.7 Å². The fourth-order valence-corrected chi connectivity index (χ4v) is 3.15. The van der Waals surface area contributed by atoms with Crippen LogP contribution in [-0.4, -0.2) is 26.4 Å². The van der Waals surface area contributed by atoms with Gasteiger partial charge >= 0.3 is 0 Å². The van der Waals surface area contributed by atoms with Crippen molar-refractivity contribution in [2.75, 3.05) is 11.5 Å². The molecule has 0 atom stereocenters. The first-order chi connectivity index (χ1) is 13.2. The van der Waals surface area contributed by atoms with E-state index in [0.29, 0.717) is 12.1 Å². The molecule has 0 aliphatic rings. The van der Waals surface area contributed by atoms with E-state index in [0.717, 1.165) is 11.3 Å². The molecule has 0 saturated carbocycles. The van der Waals surface area contributed by atoms with Crippen LogP contribution < -0.4 is 26.5 Å². The lowest BCUT2D eigenvalue weighted by atomic mass is 10.2. The number of hydrogen-bond donors (Lipinski definition) is 3. The zero-order valence-corrected chi connectivity index (χ0v) is 15.9. The number of aromatic nitrogens is 4. The Morgan fingerprint density at radius 3 is 2.64 bits per heavy atom. The highest BCUT2D eigenvalue weighted by molar-refractivity contribution is 6.31. The minimum atomic E-state index is -1.25. The first-order valence-corrected chi connectivity index (χ1v) is 8.71. The van der Waals surface area contributed by atoms with Crippen molar-refractivity contribution in [1.82, 2.24) is 19.9 Å². The third kappa shape index (κ3) is 3.29. The van der Waals surface area contributed by atoms with Gasteiger partial charge in [0.2, 0.25) is 0 Å². The van der Waals surface area contributed by atoms with Gasteiger partial charge in [0, 0.05) is 5.56 Å². The smallest absolute Gasteiger partial charge is 0.276 e. The van der Waals surface area contributed by atoms with Gasteiger partial charge in [-0.05, 0) is 25.1 Å². The number of aromatic carboxylic acids is 1. The molecular formula is C17H18ClN7O3. The quantitative estimate of drug-likeness (QED) is 0.479. The van der Waals surface area contributed by atoms with Crippen LogP contribution in [0.1, 0.15) is 33.6 Å². The number of halogens is 1. The molecule has 0 bridgehead atoms. The van der Waals surface area contributed by atoms with Crippen molar-refractivity contribution in [3.8, 4) is 0 Å². The zero-order valence-electron chi connectivity index (χ0n) is 15.2. The van der Waals surface area contributed by atoms with E-state index in [2.05, 4.69) is 15.3 Å². The summed E-state index contributed by atoms with van der Waals surface area (Å²) < 4.78 is 3.76. The third-order valence-corrected chi connectivity index (χ3v) is 4.68. The molecule has 0 fully saturated rings. The number of aryl methyl sites for hydroxylation is 2. The summed E-state index contributed by atoms with van der Waals surface area (Å²) in [5.74, 6) is -1.25. The van der Waals surface area contributed by atoms with Gasteiger partial charge in [-0.25, -0.2) is 19.1 Å². The van der Waals surface area contributed by atoms with Gasteiger partial charge in [-0.2, -0.15) is 0 Å². The van der Waals surface area contributed by atoms with E-state index in [1.165, 1.54) is 6.07 Å². The van der Waals surface area contributed by atoms with Crippen molar-refractivity contribution in [1.29, 1.82) is 0 Å². The maximum Gasteiger partial charge on any atom is 0.276 e. The zero-order chi connectivity index (χ0) is 20.6. The van der Waals surface area contributed by atoms with Crippen LogP contribution >= 0.6 is 11.6 Å². The van der Waals surface area contributed by atoms with E-state index < -0.39 is 11.9 Å². The largest absolute Gasteiger partial charge is 0.545 e. The standard InChI is InChI=1S/C17H18ClN7O3/c1-3-25-10-6-8(17(27)28)4-5-9(10)24(2)11(25)7-21-16(26)12-14(19)23-15(20)13(18)22-12/h4-6H,3,7H2,1-2H3,(H5-,19,20,21,23,26,27,28). The summed E-state index contributed by atoms with van der Waals surface area (Å²) in [4.78, 5) is 31.3. The number of fused-ring (bicyclic) bond motifs is 1. The van der Waals surface area contributed by atoms with Gasteiger partial charge in [-0.3, -0.25) is 4.79 Å². The highest BCUT2D eigenvalue weighted by Gasteiger charge is 2.24. The molecule has 3 rings (SSSR count). The summed E-state index contributed by atoms with van der Waals surface area (Å²) >= 11 is 5.82.